The fourth-order valence-electron chi connectivity index (χ4n) is 2.95. The largest absolute Gasteiger partial charge is 0.270 e. The van der Waals surface area contributed by atoms with Gasteiger partial charge in [-0.25, -0.2) is 17.7 Å². The van der Waals surface area contributed by atoms with Gasteiger partial charge in [-0.2, -0.15) is 5.10 Å². The van der Waals surface area contributed by atoms with Crippen molar-refractivity contribution in [1.82, 2.24) is 24.1 Å². The maximum absolute atomic E-state index is 11.8. The Balaban J connectivity index is 1.84. The van der Waals surface area contributed by atoms with Crippen molar-refractivity contribution < 1.29 is 8.42 Å². The Labute approximate surface area is 142 Å². The maximum Gasteiger partial charge on any atom is 0.211 e. The Hall–Kier alpha value is -1.80. The quantitative estimate of drug-likeness (QED) is 0.844. The lowest BCUT2D eigenvalue weighted by Crippen LogP contribution is -2.38. The SMILES string of the molecule is CC(C)n1cc(-c2cncc([C@@H]3CCCN(S(C)(=O)=O)C3)n2)cn1. The van der Waals surface area contributed by atoms with E-state index in [0.717, 1.165) is 29.8 Å². The van der Waals surface area contributed by atoms with Crippen molar-refractivity contribution in [1.29, 1.82) is 0 Å². The highest BCUT2D eigenvalue weighted by molar-refractivity contribution is 7.88. The lowest BCUT2D eigenvalue weighted by Gasteiger charge is -2.30. The van der Waals surface area contributed by atoms with Crippen LogP contribution in [0, 0.1) is 0 Å². The summed E-state index contributed by atoms with van der Waals surface area (Å²) < 4.78 is 27.0. The maximum atomic E-state index is 11.8. The van der Waals surface area contributed by atoms with Crippen LogP contribution in [0.2, 0.25) is 0 Å². The fourth-order valence-corrected chi connectivity index (χ4v) is 3.87. The van der Waals surface area contributed by atoms with Gasteiger partial charge in [0.05, 0.1) is 30.0 Å². The van der Waals surface area contributed by atoms with E-state index in [1.807, 2.05) is 10.9 Å². The third-order valence-corrected chi connectivity index (χ3v) is 5.62. The Kier molecular flexibility index (Phi) is 4.69. The molecule has 0 amide bonds. The fraction of sp³-hybridized carbons (Fsp3) is 0.562. The van der Waals surface area contributed by atoms with Crippen molar-refractivity contribution >= 4 is 10.0 Å². The summed E-state index contributed by atoms with van der Waals surface area (Å²) in [5.74, 6) is 0.0843. The van der Waals surface area contributed by atoms with Crippen molar-refractivity contribution in [2.24, 2.45) is 0 Å². The molecule has 1 atom stereocenters. The summed E-state index contributed by atoms with van der Waals surface area (Å²) >= 11 is 0. The van der Waals surface area contributed by atoms with Crippen molar-refractivity contribution in [2.75, 3.05) is 19.3 Å². The standard InChI is InChI=1S/C16H23N5O2S/c1-12(2)21-11-14(7-18-21)16-9-17-8-15(19-16)13-5-4-6-20(10-13)24(3,22)23/h7-9,11-13H,4-6,10H2,1-3H3/t13-/m1/s1. The Morgan fingerprint density at radius 2 is 2.04 bits per heavy atom. The molecule has 3 heterocycles. The van der Waals surface area contributed by atoms with E-state index in [0.29, 0.717) is 13.1 Å². The zero-order chi connectivity index (χ0) is 17.3. The Bertz CT molecular complexity index is 815. The summed E-state index contributed by atoms with van der Waals surface area (Å²) in [6, 6.07) is 0.288. The van der Waals surface area contributed by atoms with Crippen LogP contribution in [0.1, 0.15) is 44.3 Å². The molecule has 0 spiro atoms. The van der Waals surface area contributed by atoms with Gasteiger partial charge in [0.15, 0.2) is 0 Å². The molecule has 0 saturated carbocycles. The van der Waals surface area contributed by atoms with Gasteiger partial charge >= 0.3 is 0 Å². The van der Waals surface area contributed by atoms with Crippen LogP contribution in [0.4, 0.5) is 0 Å². The topological polar surface area (TPSA) is 81.0 Å². The predicted molar refractivity (Wildman–Crippen MR) is 92.0 cm³/mol. The van der Waals surface area contributed by atoms with Gasteiger partial charge in [0.2, 0.25) is 10.0 Å². The highest BCUT2D eigenvalue weighted by Gasteiger charge is 2.28. The summed E-state index contributed by atoms with van der Waals surface area (Å²) in [6.45, 7) is 5.20. The number of hydrogen-bond acceptors (Lipinski definition) is 5. The molecule has 8 heteroatoms. The van der Waals surface area contributed by atoms with Crippen LogP contribution >= 0.6 is 0 Å². The monoisotopic (exact) mass is 349 g/mol. The van der Waals surface area contributed by atoms with Crippen LogP contribution in [0.25, 0.3) is 11.3 Å². The molecule has 1 aliphatic rings. The first kappa shape index (κ1) is 17.0. The summed E-state index contributed by atoms with van der Waals surface area (Å²) in [5.41, 5.74) is 2.54. The van der Waals surface area contributed by atoms with Gasteiger partial charge < -0.3 is 0 Å². The second kappa shape index (κ2) is 6.60. The van der Waals surface area contributed by atoms with E-state index in [4.69, 9.17) is 4.98 Å². The third kappa shape index (κ3) is 3.64. The van der Waals surface area contributed by atoms with Crippen molar-refractivity contribution in [2.45, 2.75) is 38.6 Å². The molecule has 0 unspecified atom stereocenters. The van der Waals surface area contributed by atoms with Gasteiger partial charge in [-0.1, -0.05) is 0 Å². The first-order valence-corrected chi connectivity index (χ1v) is 10.0. The zero-order valence-corrected chi connectivity index (χ0v) is 15.1. The molecule has 3 rings (SSSR count). The number of sulfonamides is 1. The molecule has 7 nitrogen and oxygen atoms in total. The minimum atomic E-state index is -3.16. The summed E-state index contributed by atoms with van der Waals surface area (Å²) in [6.07, 6.45) is 10.2. The van der Waals surface area contributed by atoms with Crippen LogP contribution in [0.15, 0.2) is 24.8 Å². The van der Waals surface area contributed by atoms with E-state index >= 15 is 0 Å². The molecule has 2 aromatic rings. The average Bonchev–Trinajstić information content (AvgIpc) is 3.05. The van der Waals surface area contributed by atoms with E-state index in [1.165, 1.54) is 10.6 Å². The molecule has 1 fully saturated rings. The van der Waals surface area contributed by atoms with Gasteiger partial charge in [0, 0.05) is 43.0 Å². The third-order valence-electron chi connectivity index (χ3n) is 4.35. The highest BCUT2D eigenvalue weighted by Crippen LogP contribution is 2.28. The first-order valence-electron chi connectivity index (χ1n) is 8.16. The average molecular weight is 349 g/mol. The lowest BCUT2D eigenvalue weighted by molar-refractivity contribution is 0.314. The number of hydrogen-bond donors (Lipinski definition) is 0. The molecule has 24 heavy (non-hydrogen) atoms. The summed E-state index contributed by atoms with van der Waals surface area (Å²) in [4.78, 5) is 9.03. The molecule has 2 aromatic heterocycles. The van der Waals surface area contributed by atoms with Crippen molar-refractivity contribution in [3.63, 3.8) is 0 Å². The molecule has 0 bridgehead atoms. The minimum Gasteiger partial charge on any atom is -0.270 e. The molecule has 0 radical (unpaired) electrons. The number of piperidine rings is 1. The highest BCUT2D eigenvalue weighted by atomic mass is 32.2. The smallest absolute Gasteiger partial charge is 0.211 e. The normalized spacial score (nSPS) is 19.8. The van der Waals surface area contributed by atoms with E-state index in [1.54, 1.807) is 18.6 Å². The zero-order valence-electron chi connectivity index (χ0n) is 14.3. The minimum absolute atomic E-state index is 0.0843. The van der Waals surface area contributed by atoms with Crippen LogP contribution in [0.3, 0.4) is 0 Å². The second-order valence-electron chi connectivity index (χ2n) is 6.59. The van der Waals surface area contributed by atoms with Crippen molar-refractivity contribution in [3.8, 4) is 11.3 Å². The molecule has 0 aliphatic carbocycles. The first-order chi connectivity index (χ1) is 11.3. The Morgan fingerprint density at radius 1 is 1.25 bits per heavy atom. The molecular formula is C16H23N5O2S. The van der Waals surface area contributed by atoms with E-state index < -0.39 is 10.0 Å². The lowest BCUT2D eigenvalue weighted by atomic mass is 9.96. The summed E-state index contributed by atoms with van der Waals surface area (Å²) in [7, 11) is -3.16. The number of rotatable bonds is 4. The van der Waals surface area contributed by atoms with Crippen LogP contribution in [-0.4, -0.2) is 51.8 Å². The number of nitrogens with zero attached hydrogens (tertiary/aromatic N) is 5. The molecular weight excluding hydrogens is 326 g/mol. The van der Waals surface area contributed by atoms with Crippen LogP contribution < -0.4 is 0 Å². The molecule has 130 valence electrons. The summed E-state index contributed by atoms with van der Waals surface area (Å²) in [5, 5.41) is 4.34. The molecule has 0 N–H and O–H groups in total. The molecule has 1 saturated heterocycles. The van der Waals surface area contributed by atoms with E-state index in [9.17, 15) is 8.42 Å². The van der Waals surface area contributed by atoms with Gasteiger partial charge in [-0.3, -0.25) is 9.67 Å². The van der Waals surface area contributed by atoms with Crippen LogP contribution in [-0.2, 0) is 10.0 Å². The van der Waals surface area contributed by atoms with Crippen LogP contribution in [0.5, 0.6) is 0 Å². The predicted octanol–water partition coefficient (Wildman–Crippen LogP) is 2.06. The molecule has 0 aromatic carbocycles. The molecule has 1 aliphatic heterocycles. The van der Waals surface area contributed by atoms with Gasteiger partial charge in [-0.05, 0) is 26.7 Å². The van der Waals surface area contributed by atoms with E-state index in [2.05, 4.69) is 23.9 Å². The second-order valence-corrected chi connectivity index (χ2v) is 8.57. The Morgan fingerprint density at radius 3 is 2.71 bits per heavy atom. The number of aromatic nitrogens is 4. The van der Waals surface area contributed by atoms with E-state index in [-0.39, 0.29) is 12.0 Å². The van der Waals surface area contributed by atoms with Gasteiger partial charge in [0.25, 0.3) is 0 Å². The van der Waals surface area contributed by atoms with Crippen molar-refractivity contribution in [3.05, 3.63) is 30.5 Å². The van der Waals surface area contributed by atoms with Gasteiger partial charge in [-0.15, -0.1) is 0 Å². The van der Waals surface area contributed by atoms with Gasteiger partial charge in [0.1, 0.15) is 0 Å².